The summed E-state index contributed by atoms with van der Waals surface area (Å²) in [6.07, 6.45) is 17.3. The van der Waals surface area contributed by atoms with Gasteiger partial charge in [0.05, 0.1) is 84.7 Å². The van der Waals surface area contributed by atoms with E-state index in [9.17, 15) is 0 Å². The summed E-state index contributed by atoms with van der Waals surface area (Å²) < 4.78 is 75.8. The second-order valence-corrected chi connectivity index (χ2v) is 18.2. The molecular weight excluding hydrogens is 732 g/mol. The molecule has 0 spiro atoms. The van der Waals surface area contributed by atoms with Crippen LogP contribution in [-0.4, -0.2) is 105 Å². The Morgan fingerprint density at radius 3 is 0.702 bits per heavy atom. The van der Waals surface area contributed by atoms with Crippen molar-refractivity contribution in [1.29, 1.82) is 0 Å². The summed E-state index contributed by atoms with van der Waals surface area (Å²) in [6.45, 7) is 19.4. The molecule has 12 nitrogen and oxygen atoms in total. The summed E-state index contributed by atoms with van der Waals surface area (Å²) in [5.74, 6) is 0. The van der Waals surface area contributed by atoms with Crippen LogP contribution in [0.25, 0.3) is 0 Å². The lowest BCUT2D eigenvalue weighted by atomic mass is 9.81. The Balaban J connectivity index is 1.50. The van der Waals surface area contributed by atoms with Crippen LogP contribution in [0, 0.1) is 27.1 Å². The highest BCUT2D eigenvalue weighted by Crippen LogP contribution is 2.39. The van der Waals surface area contributed by atoms with E-state index in [-0.39, 0.29) is 48.1 Å². The Morgan fingerprint density at radius 2 is 0.544 bits per heavy atom. The molecule has 4 aliphatic heterocycles. The van der Waals surface area contributed by atoms with Gasteiger partial charge in [-0.25, -0.2) is 0 Å². The smallest absolute Gasteiger partial charge is 0.271 e. The SMILES string of the molecule is CCCCC1(CC)COC(OCC(COC2OCC(CC)(CCCC)CO2)(COC2OCC(CC)(CCCC)CO2)COC2OCC(CC)(CCCC)CO2)OC1. The summed E-state index contributed by atoms with van der Waals surface area (Å²) in [4.78, 5) is 0. The van der Waals surface area contributed by atoms with Gasteiger partial charge in [-0.2, -0.15) is 0 Å². The van der Waals surface area contributed by atoms with Crippen LogP contribution < -0.4 is 0 Å². The standard InChI is InChI=1S/C45H84O12/c1-9-17-21-41(13-5)25-46-37(47-26-41)54-33-45(34-55-38-48-27-42(14-6,28-49-38)22-18-10-2,35-56-39-50-29-43(15-7,30-51-39)23-19-11-3)36-57-40-52-31-44(16-8,32-53-40)24-20-12-4/h37-40H,9-36H2,1-8H3. The zero-order valence-corrected chi connectivity index (χ0v) is 37.5. The molecule has 0 aromatic carbocycles. The lowest BCUT2D eigenvalue weighted by Crippen LogP contribution is -2.51. The van der Waals surface area contributed by atoms with Crippen LogP contribution >= 0.6 is 0 Å². The van der Waals surface area contributed by atoms with Crippen LogP contribution in [0.5, 0.6) is 0 Å². The van der Waals surface area contributed by atoms with E-state index in [0.717, 1.165) is 103 Å². The van der Waals surface area contributed by atoms with E-state index in [1.54, 1.807) is 0 Å². The van der Waals surface area contributed by atoms with Crippen LogP contribution in [0.2, 0.25) is 0 Å². The molecule has 0 aromatic heterocycles. The van der Waals surface area contributed by atoms with Gasteiger partial charge in [0.15, 0.2) is 0 Å². The number of unbranched alkanes of at least 4 members (excludes halogenated alkanes) is 4. The van der Waals surface area contributed by atoms with E-state index >= 15 is 0 Å². The molecule has 4 rings (SSSR count). The maximum atomic E-state index is 6.47. The van der Waals surface area contributed by atoms with Crippen molar-refractivity contribution in [2.45, 2.75) is 184 Å². The van der Waals surface area contributed by atoms with Gasteiger partial charge in [0.1, 0.15) is 0 Å². The van der Waals surface area contributed by atoms with Crippen molar-refractivity contribution in [2.75, 3.05) is 79.3 Å². The summed E-state index contributed by atoms with van der Waals surface area (Å²) in [6, 6.07) is 0. The first kappa shape index (κ1) is 49.2. The van der Waals surface area contributed by atoms with E-state index in [1.165, 1.54) is 0 Å². The average molecular weight is 817 g/mol. The minimum Gasteiger partial charge on any atom is -0.329 e. The van der Waals surface area contributed by atoms with Crippen LogP contribution in [0.15, 0.2) is 0 Å². The van der Waals surface area contributed by atoms with Crippen LogP contribution in [-0.2, 0) is 56.8 Å². The molecule has 12 heteroatoms. The van der Waals surface area contributed by atoms with Crippen molar-refractivity contribution in [2.24, 2.45) is 27.1 Å². The van der Waals surface area contributed by atoms with Gasteiger partial charge < -0.3 is 56.8 Å². The molecule has 0 radical (unpaired) electrons. The van der Waals surface area contributed by atoms with Crippen LogP contribution in [0.3, 0.4) is 0 Å². The van der Waals surface area contributed by atoms with Gasteiger partial charge in [-0.05, 0) is 51.4 Å². The number of ether oxygens (including phenoxy) is 12. The molecule has 0 unspecified atom stereocenters. The second-order valence-electron chi connectivity index (χ2n) is 18.2. The fraction of sp³-hybridized carbons (Fsp3) is 1.00. The summed E-state index contributed by atoms with van der Waals surface area (Å²) in [5.41, 5.74) is -0.952. The van der Waals surface area contributed by atoms with Gasteiger partial charge >= 0.3 is 0 Å². The predicted molar refractivity (Wildman–Crippen MR) is 218 cm³/mol. The molecule has 4 fully saturated rings. The Bertz CT molecular complexity index is 877. The van der Waals surface area contributed by atoms with Crippen molar-refractivity contribution < 1.29 is 56.8 Å². The lowest BCUT2D eigenvalue weighted by Gasteiger charge is -2.43. The molecule has 336 valence electrons. The van der Waals surface area contributed by atoms with E-state index in [2.05, 4.69) is 55.4 Å². The van der Waals surface area contributed by atoms with Gasteiger partial charge in [-0.3, -0.25) is 0 Å². The Kier molecular flexibility index (Phi) is 21.4. The zero-order chi connectivity index (χ0) is 41.1. The topological polar surface area (TPSA) is 111 Å². The van der Waals surface area contributed by atoms with Crippen molar-refractivity contribution in [3.8, 4) is 0 Å². The number of hydrogen-bond donors (Lipinski definition) is 0. The van der Waals surface area contributed by atoms with Gasteiger partial charge in [0.25, 0.3) is 25.9 Å². The third-order valence-electron chi connectivity index (χ3n) is 13.5. The molecule has 0 amide bonds. The molecule has 4 heterocycles. The number of hydrogen-bond acceptors (Lipinski definition) is 12. The molecule has 57 heavy (non-hydrogen) atoms. The highest BCUT2D eigenvalue weighted by molar-refractivity contribution is 4.85. The first-order chi connectivity index (χ1) is 27.6. The lowest BCUT2D eigenvalue weighted by molar-refractivity contribution is -0.383. The third-order valence-corrected chi connectivity index (χ3v) is 13.5. The minimum atomic E-state index is -0.912. The second kappa shape index (κ2) is 24.8. The fourth-order valence-corrected chi connectivity index (χ4v) is 8.24. The highest BCUT2D eigenvalue weighted by Gasteiger charge is 2.44. The van der Waals surface area contributed by atoms with Crippen molar-refractivity contribution in [3.05, 3.63) is 0 Å². The minimum absolute atomic E-state index is 0.0101. The van der Waals surface area contributed by atoms with E-state index in [1.807, 2.05) is 0 Å². The molecular formula is C45H84O12. The molecule has 0 aliphatic carbocycles. The van der Waals surface area contributed by atoms with E-state index in [0.29, 0.717) is 52.9 Å². The van der Waals surface area contributed by atoms with Crippen LogP contribution in [0.4, 0.5) is 0 Å². The van der Waals surface area contributed by atoms with Crippen molar-refractivity contribution in [3.63, 3.8) is 0 Å². The Morgan fingerprint density at radius 1 is 0.351 bits per heavy atom. The van der Waals surface area contributed by atoms with Crippen molar-refractivity contribution in [1.82, 2.24) is 0 Å². The Hall–Kier alpha value is -0.480. The summed E-state index contributed by atoms with van der Waals surface area (Å²) in [5, 5.41) is 0. The normalized spacial score (nSPS) is 34.9. The third kappa shape index (κ3) is 14.8. The van der Waals surface area contributed by atoms with E-state index in [4.69, 9.17) is 56.8 Å². The molecule has 4 saturated heterocycles. The molecule has 0 bridgehead atoms. The molecule has 0 saturated carbocycles. The first-order valence-electron chi connectivity index (χ1n) is 23.0. The average Bonchev–Trinajstić information content (AvgIpc) is 3.27. The summed E-state index contributed by atoms with van der Waals surface area (Å²) >= 11 is 0. The maximum absolute atomic E-state index is 6.47. The number of rotatable bonds is 28. The monoisotopic (exact) mass is 817 g/mol. The van der Waals surface area contributed by atoms with Gasteiger partial charge in [0, 0.05) is 21.7 Å². The first-order valence-corrected chi connectivity index (χ1v) is 23.0. The largest absolute Gasteiger partial charge is 0.329 e. The van der Waals surface area contributed by atoms with Gasteiger partial charge in [-0.1, -0.05) is 107 Å². The van der Waals surface area contributed by atoms with Gasteiger partial charge in [0.2, 0.25) is 0 Å². The van der Waals surface area contributed by atoms with Crippen molar-refractivity contribution >= 4 is 0 Å². The quantitative estimate of drug-likeness (QED) is 0.0750. The van der Waals surface area contributed by atoms with Crippen LogP contribution in [0.1, 0.15) is 158 Å². The molecule has 4 aliphatic rings. The van der Waals surface area contributed by atoms with Gasteiger partial charge in [-0.15, -0.1) is 0 Å². The molecule has 0 N–H and O–H groups in total. The highest BCUT2D eigenvalue weighted by atomic mass is 16.9. The maximum Gasteiger partial charge on any atom is 0.271 e. The molecule has 0 aromatic rings. The predicted octanol–water partition coefficient (Wildman–Crippen LogP) is 9.71. The summed E-state index contributed by atoms with van der Waals surface area (Å²) in [7, 11) is 0. The molecule has 0 atom stereocenters. The Labute approximate surface area is 346 Å². The fourth-order valence-electron chi connectivity index (χ4n) is 8.24. The van der Waals surface area contributed by atoms with E-state index < -0.39 is 31.3 Å². The zero-order valence-electron chi connectivity index (χ0n) is 37.5.